The third kappa shape index (κ3) is 2.53. The molecule has 0 N–H and O–H groups in total. The summed E-state index contributed by atoms with van der Waals surface area (Å²) in [6, 6.07) is 12.6. The summed E-state index contributed by atoms with van der Waals surface area (Å²) in [5.41, 5.74) is 4.72. The van der Waals surface area contributed by atoms with Crippen molar-refractivity contribution in [2.45, 2.75) is 24.2 Å². The first-order chi connectivity index (χ1) is 11.4. The Hall–Kier alpha value is -2.14. The van der Waals surface area contributed by atoms with Crippen LogP contribution in [0.4, 0.5) is 0 Å². The van der Waals surface area contributed by atoms with E-state index in [0.29, 0.717) is 0 Å². The van der Waals surface area contributed by atoms with Gasteiger partial charge < -0.3 is 0 Å². The first-order valence-electron chi connectivity index (χ1n) is 8.18. The zero-order valence-corrected chi connectivity index (χ0v) is 16.5. The molecule has 0 aliphatic rings. The Bertz CT molecular complexity index is 1040. The number of fused-ring (bicyclic) bond motifs is 3. The van der Waals surface area contributed by atoms with E-state index in [9.17, 15) is 0 Å². The van der Waals surface area contributed by atoms with Gasteiger partial charge in [0.15, 0.2) is 0 Å². The van der Waals surface area contributed by atoms with E-state index in [2.05, 4.69) is 52.6 Å². The first kappa shape index (κ1) is 15.4. The maximum atomic E-state index is 6.15. The topological polar surface area (TPSA) is 38.9 Å². The normalized spacial score (nSPS) is 12.2. The van der Waals surface area contributed by atoms with Crippen LogP contribution < -0.4 is 4.40 Å². The molecule has 0 saturated carbocycles. The van der Waals surface area contributed by atoms with Crippen molar-refractivity contribution < 1.29 is 4.42 Å². The molecule has 4 heteroatoms. The number of aryl methyl sites for hydroxylation is 1. The van der Waals surface area contributed by atoms with Gasteiger partial charge in [-0.15, -0.1) is 0 Å². The molecule has 120 valence electrons. The number of aromatic nitrogens is 2. The minimum absolute atomic E-state index is 0.881. The van der Waals surface area contributed by atoms with Crippen LogP contribution in [0, 0.1) is 6.92 Å². The zero-order valence-electron chi connectivity index (χ0n) is 14.4. The van der Waals surface area contributed by atoms with Crippen molar-refractivity contribution >= 4 is 39.6 Å². The van der Waals surface area contributed by atoms with Crippen LogP contribution in [0.3, 0.4) is 0 Å². The van der Waals surface area contributed by atoms with Crippen LogP contribution in [-0.4, -0.2) is 23.2 Å². The zero-order chi connectivity index (χ0) is 16.9. The molecule has 4 aromatic rings. The van der Waals surface area contributed by atoms with E-state index in [4.69, 9.17) is 9.40 Å². The molecule has 4 rings (SSSR count). The third-order valence-electron chi connectivity index (χ3n) is 4.43. The second-order valence-electron chi connectivity index (χ2n) is 7.29. The van der Waals surface area contributed by atoms with Crippen LogP contribution in [0.5, 0.6) is 0 Å². The fraction of sp³-hybridized carbons (Fsp3) is 0.200. The van der Waals surface area contributed by atoms with Crippen molar-refractivity contribution in [1.29, 1.82) is 0 Å². The predicted molar refractivity (Wildman–Crippen MR) is 102 cm³/mol. The first-order valence-corrected chi connectivity index (χ1v) is 15.5. The summed E-state index contributed by atoms with van der Waals surface area (Å²) < 4.78 is 7.56. The SMILES string of the molecule is Cc1cc2oc3c(-c4cc[c]([Ge]([CH3])([CH3])[CH3])cn4)cccc3c2cn1. The van der Waals surface area contributed by atoms with Crippen LogP contribution in [0.2, 0.25) is 17.3 Å². The molecule has 3 heterocycles. The molecule has 0 radical (unpaired) electrons. The van der Waals surface area contributed by atoms with Gasteiger partial charge in [0.2, 0.25) is 0 Å². The quantitative estimate of drug-likeness (QED) is 0.467. The summed E-state index contributed by atoms with van der Waals surface area (Å²) in [7, 11) is 0. The Morgan fingerprint density at radius 1 is 0.917 bits per heavy atom. The van der Waals surface area contributed by atoms with Gasteiger partial charge in [-0.3, -0.25) is 0 Å². The van der Waals surface area contributed by atoms with E-state index in [1.807, 2.05) is 25.4 Å². The monoisotopic (exact) mass is 378 g/mol. The molecule has 3 aromatic heterocycles. The molecule has 0 unspecified atom stereocenters. The van der Waals surface area contributed by atoms with Crippen molar-refractivity contribution in [2.24, 2.45) is 0 Å². The standard InChI is InChI=1S/C20H20GeN2O/c1-13-10-19-17(12-22-13)15-6-5-7-16(20(15)24-19)18-9-8-14(11-23-18)21(2,3)4/h5-12H,1-4H3. The van der Waals surface area contributed by atoms with Crippen molar-refractivity contribution in [2.75, 3.05) is 0 Å². The Balaban J connectivity index is 1.92. The Kier molecular flexibility index (Phi) is 3.50. The molecule has 0 fully saturated rings. The number of hydrogen-bond donors (Lipinski definition) is 0. The maximum absolute atomic E-state index is 6.15. The van der Waals surface area contributed by atoms with Crippen LogP contribution in [0.1, 0.15) is 5.69 Å². The molecule has 3 nitrogen and oxygen atoms in total. The Morgan fingerprint density at radius 3 is 2.46 bits per heavy atom. The van der Waals surface area contributed by atoms with Crippen molar-refractivity contribution in [3.63, 3.8) is 0 Å². The van der Waals surface area contributed by atoms with Gasteiger partial charge in [-0.05, 0) is 0 Å². The number of hydrogen-bond acceptors (Lipinski definition) is 3. The molecule has 0 spiro atoms. The fourth-order valence-electron chi connectivity index (χ4n) is 2.99. The molecule has 0 aliphatic carbocycles. The number of nitrogens with zero attached hydrogens (tertiary/aromatic N) is 2. The van der Waals surface area contributed by atoms with E-state index in [0.717, 1.165) is 38.9 Å². The van der Waals surface area contributed by atoms with Crippen LogP contribution >= 0.6 is 0 Å². The summed E-state index contributed by atoms with van der Waals surface area (Å²) in [5.74, 6) is 7.14. The van der Waals surface area contributed by atoms with Gasteiger partial charge in [-0.1, -0.05) is 0 Å². The number of benzene rings is 1. The van der Waals surface area contributed by atoms with Gasteiger partial charge in [-0.2, -0.15) is 0 Å². The molecular formula is C20H20GeN2O. The second kappa shape index (κ2) is 5.45. The average molecular weight is 377 g/mol. The minimum atomic E-state index is -1.84. The van der Waals surface area contributed by atoms with Gasteiger partial charge >= 0.3 is 144 Å². The second-order valence-corrected chi connectivity index (χ2v) is 17.9. The van der Waals surface area contributed by atoms with Crippen molar-refractivity contribution in [3.8, 4) is 11.3 Å². The number of pyridine rings is 2. The van der Waals surface area contributed by atoms with E-state index >= 15 is 0 Å². The molecule has 0 amide bonds. The molecule has 0 atom stereocenters. The summed E-state index contributed by atoms with van der Waals surface area (Å²) in [5, 5.41) is 2.15. The predicted octanol–water partition coefficient (Wildman–Crippen LogP) is 4.90. The number of para-hydroxylation sites is 1. The van der Waals surface area contributed by atoms with E-state index in [1.165, 1.54) is 4.40 Å². The summed E-state index contributed by atoms with van der Waals surface area (Å²) >= 11 is -1.84. The molecular weight excluding hydrogens is 357 g/mol. The van der Waals surface area contributed by atoms with Crippen molar-refractivity contribution in [1.82, 2.24) is 9.97 Å². The van der Waals surface area contributed by atoms with Gasteiger partial charge in [-0.25, -0.2) is 0 Å². The average Bonchev–Trinajstić information content (AvgIpc) is 2.91. The number of furan rings is 1. The Morgan fingerprint density at radius 2 is 1.75 bits per heavy atom. The van der Waals surface area contributed by atoms with Gasteiger partial charge in [0.05, 0.1) is 0 Å². The summed E-state index contributed by atoms with van der Waals surface area (Å²) in [6.07, 6.45) is 3.94. The molecule has 1 aromatic carbocycles. The Labute approximate surface area is 144 Å². The van der Waals surface area contributed by atoms with Crippen LogP contribution in [0.25, 0.3) is 33.2 Å². The molecule has 0 bridgehead atoms. The fourth-order valence-corrected chi connectivity index (χ4v) is 5.16. The van der Waals surface area contributed by atoms with Gasteiger partial charge in [0.25, 0.3) is 0 Å². The van der Waals surface area contributed by atoms with Crippen LogP contribution in [-0.2, 0) is 0 Å². The summed E-state index contributed by atoms with van der Waals surface area (Å²) in [6.45, 7) is 1.98. The van der Waals surface area contributed by atoms with Gasteiger partial charge in [0.1, 0.15) is 0 Å². The van der Waals surface area contributed by atoms with E-state index in [-0.39, 0.29) is 0 Å². The third-order valence-corrected chi connectivity index (χ3v) is 8.68. The van der Waals surface area contributed by atoms with E-state index in [1.54, 1.807) is 0 Å². The summed E-state index contributed by atoms with van der Waals surface area (Å²) in [4.78, 5) is 9.13. The molecule has 24 heavy (non-hydrogen) atoms. The van der Waals surface area contributed by atoms with Crippen LogP contribution in [0.15, 0.2) is 53.2 Å². The van der Waals surface area contributed by atoms with E-state index < -0.39 is 13.3 Å². The number of rotatable bonds is 2. The van der Waals surface area contributed by atoms with Gasteiger partial charge in [0, 0.05) is 0 Å². The molecule has 0 saturated heterocycles. The molecule has 0 aliphatic heterocycles. The van der Waals surface area contributed by atoms with Crippen molar-refractivity contribution in [3.05, 3.63) is 54.5 Å².